The van der Waals surface area contributed by atoms with Crippen molar-refractivity contribution in [3.63, 3.8) is 0 Å². The Morgan fingerprint density at radius 2 is 1.82 bits per heavy atom. The number of nitrogens with zero attached hydrogens (tertiary/aromatic N) is 1. The van der Waals surface area contributed by atoms with Crippen LogP contribution in [0.15, 0.2) is 48.5 Å². The fourth-order valence-corrected chi connectivity index (χ4v) is 2.89. The number of rotatable bonds is 4. The lowest BCUT2D eigenvalue weighted by Gasteiger charge is -2.22. The Hall–Kier alpha value is -2.33. The van der Waals surface area contributed by atoms with Crippen molar-refractivity contribution in [1.29, 1.82) is 0 Å². The van der Waals surface area contributed by atoms with Gasteiger partial charge in [-0.15, -0.1) is 0 Å². The van der Waals surface area contributed by atoms with Gasteiger partial charge in [0.25, 0.3) is 5.91 Å². The van der Waals surface area contributed by atoms with E-state index in [0.29, 0.717) is 29.1 Å². The second-order valence-corrected chi connectivity index (χ2v) is 5.64. The van der Waals surface area contributed by atoms with Gasteiger partial charge in [0.15, 0.2) is 6.04 Å². The van der Waals surface area contributed by atoms with E-state index in [1.54, 1.807) is 36.4 Å². The maximum Gasteiger partial charge on any atom is 0.331 e. The molecule has 112 valence electrons. The number of amides is 1. The lowest BCUT2D eigenvalue weighted by Crippen LogP contribution is -2.34. The van der Waals surface area contributed by atoms with Crippen molar-refractivity contribution < 1.29 is 14.7 Å². The minimum Gasteiger partial charge on any atom is -0.479 e. The first kappa shape index (κ1) is 14.6. The number of halogens is 1. The molecule has 2 aromatic carbocycles. The maximum absolute atomic E-state index is 12.4. The molecule has 1 N–H and O–H groups in total. The van der Waals surface area contributed by atoms with Crippen LogP contribution in [-0.2, 0) is 11.2 Å². The zero-order valence-electron chi connectivity index (χ0n) is 11.7. The van der Waals surface area contributed by atoms with Gasteiger partial charge in [0, 0.05) is 17.1 Å². The molecule has 1 atom stereocenters. The van der Waals surface area contributed by atoms with Gasteiger partial charge in [0.05, 0.1) is 0 Å². The van der Waals surface area contributed by atoms with Gasteiger partial charge in [0.1, 0.15) is 0 Å². The highest BCUT2D eigenvalue weighted by Crippen LogP contribution is 2.33. The number of carbonyl (C=O) groups excluding carboxylic acids is 1. The normalized spacial score (nSPS) is 16.7. The molecule has 4 nitrogen and oxygen atoms in total. The fourth-order valence-electron chi connectivity index (χ4n) is 2.77. The Kier molecular flexibility index (Phi) is 3.86. The van der Waals surface area contributed by atoms with Crippen LogP contribution < -0.4 is 0 Å². The second kappa shape index (κ2) is 5.81. The molecule has 3 rings (SSSR count). The third kappa shape index (κ3) is 2.57. The first-order valence-corrected chi connectivity index (χ1v) is 7.33. The molecule has 2 aromatic rings. The summed E-state index contributed by atoms with van der Waals surface area (Å²) >= 11 is 5.85. The van der Waals surface area contributed by atoms with E-state index in [1.807, 2.05) is 12.1 Å². The third-order valence-corrected chi connectivity index (χ3v) is 4.10. The van der Waals surface area contributed by atoms with E-state index < -0.39 is 12.0 Å². The minimum absolute atomic E-state index is 0.225. The van der Waals surface area contributed by atoms with Crippen LogP contribution in [0.1, 0.15) is 27.5 Å². The first-order valence-electron chi connectivity index (χ1n) is 6.95. The molecule has 1 amide bonds. The predicted molar refractivity (Wildman–Crippen MR) is 83.0 cm³/mol. The van der Waals surface area contributed by atoms with Crippen molar-refractivity contribution in [3.05, 3.63) is 70.2 Å². The number of benzene rings is 2. The molecule has 0 aliphatic carbocycles. The van der Waals surface area contributed by atoms with Crippen molar-refractivity contribution in [2.75, 3.05) is 6.54 Å². The smallest absolute Gasteiger partial charge is 0.331 e. The van der Waals surface area contributed by atoms with E-state index in [1.165, 1.54) is 4.90 Å². The summed E-state index contributed by atoms with van der Waals surface area (Å²) in [6.45, 7) is 0.353. The Morgan fingerprint density at radius 3 is 2.50 bits per heavy atom. The number of hydrogen-bond donors (Lipinski definition) is 1. The predicted octanol–water partition coefficient (Wildman–Crippen LogP) is 3.16. The number of carboxylic acid groups (broad SMARTS) is 1. The molecular weight excluding hydrogens is 302 g/mol. The molecule has 22 heavy (non-hydrogen) atoms. The van der Waals surface area contributed by atoms with Gasteiger partial charge in [-0.05, 0) is 35.7 Å². The summed E-state index contributed by atoms with van der Waals surface area (Å²) in [6, 6.07) is 13.3. The number of carboxylic acids is 1. The van der Waals surface area contributed by atoms with Gasteiger partial charge in [-0.25, -0.2) is 4.79 Å². The van der Waals surface area contributed by atoms with E-state index >= 15 is 0 Å². The minimum atomic E-state index is -1.01. The zero-order chi connectivity index (χ0) is 15.7. The van der Waals surface area contributed by atoms with E-state index in [9.17, 15) is 14.7 Å². The lowest BCUT2D eigenvalue weighted by atomic mass is 10.0. The van der Waals surface area contributed by atoms with Crippen molar-refractivity contribution in [1.82, 2.24) is 4.90 Å². The second-order valence-electron chi connectivity index (χ2n) is 5.20. The monoisotopic (exact) mass is 315 g/mol. The highest BCUT2D eigenvalue weighted by molar-refractivity contribution is 6.30. The van der Waals surface area contributed by atoms with Crippen molar-refractivity contribution in [3.8, 4) is 0 Å². The SMILES string of the molecule is O=C(O)C1c2ccccc2C(=O)N1CCc1ccc(Cl)cc1. The quantitative estimate of drug-likeness (QED) is 0.943. The van der Waals surface area contributed by atoms with Crippen LogP contribution in [0.2, 0.25) is 5.02 Å². The van der Waals surface area contributed by atoms with Gasteiger partial charge in [-0.2, -0.15) is 0 Å². The van der Waals surface area contributed by atoms with Crippen molar-refractivity contribution in [2.45, 2.75) is 12.5 Å². The first-order chi connectivity index (χ1) is 10.6. The standard InChI is InChI=1S/C17H14ClNO3/c18-12-7-5-11(6-8-12)9-10-19-15(17(21)22)13-3-1-2-4-14(13)16(19)20/h1-8,15H,9-10H2,(H,21,22). The van der Waals surface area contributed by atoms with Crippen LogP contribution in [0.5, 0.6) is 0 Å². The molecule has 0 saturated heterocycles. The van der Waals surface area contributed by atoms with Crippen LogP contribution in [0.25, 0.3) is 0 Å². The van der Waals surface area contributed by atoms with Crippen LogP contribution in [0.3, 0.4) is 0 Å². The molecule has 1 aliphatic rings. The van der Waals surface area contributed by atoms with Gasteiger partial charge >= 0.3 is 5.97 Å². The van der Waals surface area contributed by atoms with Gasteiger partial charge < -0.3 is 10.0 Å². The highest BCUT2D eigenvalue weighted by Gasteiger charge is 2.40. The molecule has 5 heteroatoms. The van der Waals surface area contributed by atoms with E-state index in [4.69, 9.17) is 11.6 Å². The Balaban J connectivity index is 1.82. The molecule has 0 fully saturated rings. The van der Waals surface area contributed by atoms with Gasteiger partial charge in [-0.3, -0.25) is 4.79 Å². The summed E-state index contributed by atoms with van der Waals surface area (Å²) in [4.78, 5) is 25.4. The summed E-state index contributed by atoms with van der Waals surface area (Å²) in [5.74, 6) is -1.23. The summed E-state index contributed by atoms with van der Waals surface area (Å²) in [7, 11) is 0. The van der Waals surface area contributed by atoms with Crippen molar-refractivity contribution >= 4 is 23.5 Å². The number of hydrogen-bond acceptors (Lipinski definition) is 2. The Morgan fingerprint density at radius 1 is 1.14 bits per heavy atom. The number of carbonyl (C=O) groups is 2. The Bertz CT molecular complexity index is 727. The highest BCUT2D eigenvalue weighted by atomic mass is 35.5. The summed E-state index contributed by atoms with van der Waals surface area (Å²) in [5, 5.41) is 10.1. The zero-order valence-corrected chi connectivity index (χ0v) is 12.5. The van der Waals surface area contributed by atoms with Gasteiger partial charge in [0.2, 0.25) is 0 Å². The molecule has 0 radical (unpaired) electrons. The lowest BCUT2D eigenvalue weighted by molar-refractivity contribution is -0.142. The average Bonchev–Trinajstić information content (AvgIpc) is 2.80. The molecule has 0 saturated carbocycles. The van der Waals surface area contributed by atoms with Crippen LogP contribution in [0.4, 0.5) is 0 Å². The largest absolute Gasteiger partial charge is 0.479 e. The summed E-state index contributed by atoms with van der Waals surface area (Å²) < 4.78 is 0. The Labute approximate surface area is 132 Å². The molecular formula is C17H14ClNO3. The summed E-state index contributed by atoms with van der Waals surface area (Å²) in [5.41, 5.74) is 2.06. The summed E-state index contributed by atoms with van der Waals surface area (Å²) in [6.07, 6.45) is 0.584. The van der Waals surface area contributed by atoms with E-state index in [-0.39, 0.29) is 5.91 Å². The van der Waals surface area contributed by atoms with Crippen molar-refractivity contribution in [2.24, 2.45) is 0 Å². The van der Waals surface area contributed by atoms with E-state index in [0.717, 1.165) is 5.56 Å². The molecule has 1 aliphatic heterocycles. The molecule has 0 bridgehead atoms. The maximum atomic E-state index is 12.4. The number of aliphatic carboxylic acids is 1. The molecule has 1 heterocycles. The molecule has 0 spiro atoms. The third-order valence-electron chi connectivity index (χ3n) is 3.85. The average molecular weight is 316 g/mol. The van der Waals surface area contributed by atoms with Crippen LogP contribution in [0, 0.1) is 0 Å². The van der Waals surface area contributed by atoms with Crippen LogP contribution in [-0.4, -0.2) is 28.4 Å². The molecule has 0 aromatic heterocycles. The number of fused-ring (bicyclic) bond motifs is 1. The topological polar surface area (TPSA) is 57.6 Å². The fraction of sp³-hybridized carbons (Fsp3) is 0.176. The van der Waals surface area contributed by atoms with Crippen LogP contribution >= 0.6 is 11.6 Å². The molecule has 1 unspecified atom stereocenters. The van der Waals surface area contributed by atoms with Gasteiger partial charge in [-0.1, -0.05) is 41.9 Å². The van der Waals surface area contributed by atoms with E-state index in [2.05, 4.69) is 0 Å².